The number of nitrogens with zero attached hydrogens (tertiary/aromatic N) is 1. The minimum absolute atomic E-state index is 0.602. The summed E-state index contributed by atoms with van der Waals surface area (Å²) in [7, 11) is 0. The summed E-state index contributed by atoms with van der Waals surface area (Å²) in [6.45, 7) is 2.79. The maximum absolute atomic E-state index is 6.01. The van der Waals surface area contributed by atoms with Crippen molar-refractivity contribution >= 4 is 34.1 Å². The van der Waals surface area contributed by atoms with Crippen LogP contribution in [0, 0.1) is 0 Å². The minimum atomic E-state index is 0.602. The lowest BCUT2D eigenvalue weighted by atomic mass is 10.2. The molecule has 22 heavy (non-hydrogen) atoms. The first-order chi connectivity index (χ1) is 10.7. The van der Waals surface area contributed by atoms with Crippen LogP contribution in [0.5, 0.6) is 0 Å². The van der Waals surface area contributed by atoms with Gasteiger partial charge in [-0.3, -0.25) is 0 Å². The molecular formula is C18H18Cl2N2. The smallest absolute Gasteiger partial charge is 0.0595 e. The number of aromatic nitrogens is 1. The fraction of sp³-hybridized carbons (Fsp3) is 0.222. The predicted molar refractivity (Wildman–Crippen MR) is 94.7 cm³/mol. The maximum atomic E-state index is 6.01. The fourth-order valence-corrected chi connectivity index (χ4v) is 2.91. The molecule has 1 aromatic heterocycles. The molecule has 0 bridgehead atoms. The summed E-state index contributed by atoms with van der Waals surface area (Å²) >= 11 is 11.9. The van der Waals surface area contributed by atoms with Gasteiger partial charge in [-0.1, -0.05) is 47.5 Å². The molecule has 0 radical (unpaired) electrons. The second kappa shape index (κ2) is 7.19. The van der Waals surface area contributed by atoms with Crippen molar-refractivity contribution in [3.05, 3.63) is 70.3 Å². The average molecular weight is 333 g/mol. The first-order valence-corrected chi connectivity index (χ1v) is 8.18. The van der Waals surface area contributed by atoms with Crippen molar-refractivity contribution in [3.8, 4) is 0 Å². The van der Waals surface area contributed by atoms with Crippen LogP contribution >= 0.6 is 23.2 Å². The van der Waals surface area contributed by atoms with E-state index in [2.05, 4.69) is 46.4 Å². The van der Waals surface area contributed by atoms with Gasteiger partial charge in [-0.15, -0.1) is 0 Å². The Morgan fingerprint density at radius 3 is 2.68 bits per heavy atom. The quantitative estimate of drug-likeness (QED) is 0.619. The van der Waals surface area contributed by atoms with Gasteiger partial charge in [-0.25, -0.2) is 0 Å². The lowest BCUT2D eigenvalue weighted by molar-refractivity contribution is 0.591. The van der Waals surface area contributed by atoms with Gasteiger partial charge in [-0.2, -0.15) is 0 Å². The van der Waals surface area contributed by atoms with Crippen LogP contribution in [0.15, 0.2) is 54.7 Å². The van der Waals surface area contributed by atoms with Crippen molar-refractivity contribution in [1.29, 1.82) is 0 Å². The number of rotatable bonds is 6. The van der Waals surface area contributed by atoms with Crippen molar-refractivity contribution in [3.63, 3.8) is 0 Å². The number of aryl methyl sites for hydroxylation is 1. The van der Waals surface area contributed by atoms with E-state index >= 15 is 0 Å². The van der Waals surface area contributed by atoms with Gasteiger partial charge in [0.1, 0.15) is 0 Å². The van der Waals surface area contributed by atoms with Crippen molar-refractivity contribution in [1.82, 2.24) is 9.88 Å². The van der Waals surface area contributed by atoms with Crippen LogP contribution in [0.1, 0.15) is 12.0 Å². The molecule has 4 heteroatoms. The molecule has 114 valence electrons. The third-order valence-electron chi connectivity index (χ3n) is 3.75. The number of nitrogens with one attached hydrogen (secondary N) is 1. The predicted octanol–water partition coefficient (Wildman–Crippen LogP) is 5.13. The van der Waals surface area contributed by atoms with Gasteiger partial charge in [0, 0.05) is 24.8 Å². The van der Waals surface area contributed by atoms with Crippen LogP contribution in [0.25, 0.3) is 10.9 Å². The first-order valence-electron chi connectivity index (χ1n) is 7.42. The summed E-state index contributed by atoms with van der Waals surface area (Å²) in [6, 6.07) is 16.4. The van der Waals surface area contributed by atoms with E-state index in [-0.39, 0.29) is 0 Å². The standard InChI is InChI=1S/C18H18Cl2N2/c19-16-7-6-14(12-17(16)20)13-21-9-3-10-22-11-8-15-4-1-2-5-18(15)22/h1-2,4-8,11-12,21H,3,9-10,13H2. The molecule has 0 fully saturated rings. The Kier molecular flexibility index (Phi) is 5.04. The van der Waals surface area contributed by atoms with E-state index in [0.29, 0.717) is 10.0 Å². The highest BCUT2D eigenvalue weighted by molar-refractivity contribution is 6.42. The molecule has 0 saturated carbocycles. The summed E-state index contributed by atoms with van der Waals surface area (Å²) in [5.41, 5.74) is 2.45. The zero-order valence-electron chi connectivity index (χ0n) is 12.2. The van der Waals surface area contributed by atoms with Gasteiger partial charge in [0.05, 0.1) is 10.0 Å². The summed E-state index contributed by atoms with van der Waals surface area (Å²) < 4.78 is 2.30. The molecule has 2 aromatic carbocycles. The van der Waals surface area contributed by atoms with Gasteiger partial charge in [-0.05, 0) is 48.2 Å². The summed E-state index contributed by atoms with van der Waals surface area (Å²) in [5.74, 6) is 0. The van der Waals surface area contributed by atoms with Gasteiger partial charge < -0.3 is 9.88 Å². The highest BCUT2D eigenvalue weighted by atomic mass is 35.5. The zero-order chi connectivity index (χ0) is 15.4. The molecule has 0 aliphatic carbocycles. The highest BCUT2D eigenvalue weighted by Gasteiger charge is 2.01. The van der Waals surface area contributed by atoms with Crippen molar-refractivity contribution < 1.29 is 0 Å². The minimum Gasteiger partial charge on any atom is -0.347 e. The van der Waals surface area contributed by atoms with Crippen LogP contribution in [-0.2, 0) is 13.1 Å². The molecule has 0 aliphatic rings. The Morgan fingerprint density at radius 2 is 1.82 bits per heavy atom. The SMILES string of the molecule is Clc1ccc(CNCCCn2ccc3ccccc32)cc1Cl. The van der Waals surface area contributed by atoms with Crippen LogP contribution in [0.4, 0.5) is 0 Å². The number of para-hydroxylation sites is 1. The molecule has 3 aromatic rings. The van der Waals surface area contributed by atoms with E-state index in [4.69, 9.17) is 23.2 Å². The lowest BCUT2D eigenvalue weighted by Gasteiger charge is -2.08. The van der Waals surface area contributed by atoms with E-state index in [1.807, 2.05) is 18.2 Å². The topological polar surface area (TPSA) is 17.0 Å². The second-order valence-corrected chi connectivity index (χ2v) is 6.16. The van der Waals surface area contributed by atoms with Crippen molar-refractivity contribution in [2.24, 2.45) is 0 Å². The van der Waals surface area contributed by atoms with E-state index < -0.39 is 0 Å². The van der Waals surface area contributed by atoms with Crippen molar-refractivity contribution in [2.45, 2.75) is 19.5 Å². The number of fused-ring (bicyclic) bond motifs is 1. The van der Waals surface area contributed by atoms with E-state index in [1.165, 1.54) is 10.9 Å². The van der Waals surface area contributed by atoms with Gasteiger partial charge >= 0.3 is 0 Å². The lowest BCUT2D eigenvalue weighted by Crippen LogP contribution is -2.16. The van der Waals surface area contributed by atoms with Gasteiger partial charge in [0.2, 0.25) is 0 Å². The van der Waals surface area contributed by atoms with Crippen LogP contribution in [-0.4, -0.2) is 11.1 Å². The molecular weight excluding hydrogens is 315 g/mol. The molecule has 0 aliphatic heterocycles. The van der Waals surface area contributed by atoms with E-state index in [9.17, 15) is 0 Å². The van der Waals surface area contributed by atoms with Gasteiger partial charge in [0.15, 0.2) is 0 Å². The molecule has 2 nitrogen and oxygen atoms in total. The molecule has 1 heterocycles. The summed E-state index contributed by atoms with van der Waals surface area (Å²) in [4.78, 5) is 0. The molecule has 0 unspecified atom stereocenters. The third-order valence-corrected chi connectivity index (χ3v) is 4.48. The Balaban J connectivity index is 1.46. The van der Waals surface area contributed by atoms with Crippen LogP contribution in [0.2, 0.25) is 10.0 Å². The third kappa shape index (κ3) is 3.64. The average Bonchev–Trinajstić information content (AvgIpc) is 2.94. The zero-order valence-corrected chi connectivity index (χ0v) is 13.7. The molecule has 0 amide bonds. The monoisotopic (exact) mass is 332 g/mol. The number of halogens is 2. The van der Waals surface area contributed by atoms with Gasteiger partial charge in [0.25, 0.3) is 0 Å². The largest absolute Gasteiger partial charge is 0.347 e. The Bertz CT molecular complexity index is 765. The van der Waals surface area contributed by atoms with Crippen molar-refractivity contribution in [2.75, 3.05) is 6.54 Å². The Morgan fingerprint density at radius 1 is 0.955 bits per heavy atom. The molecule has 0 saturated heterocycles. The normalized spacial score (nSPS) is 11.2. The summed E-state index contributed by atoms with van der Waals surface area (Å²) in [5, 5.41) is 5.95. The Hall–Kier alpha value is -1.48. The highest BCUT2D eigenvalue weighted by Crippen LogP contribution is 2.22. The molecule has 0 spiro atoms. The van der Waals surface area contributed by atoms with E-state index in [1.54, 1.807) is 0 Å². The summed E-state index contributed by atoms with van der Waals surface area (Å²) in [6.07, 6.45) is 3.24. The second-order valence-electron chi connectivity index (χ2n) is 5.35. The molecule has 0 atom stereocenters. The number of hydrogen-bond acceptors (Lipinski definition) is 1. The number of benzene rings is 2. The first kappa shape index (κ1) is 15.4. The maximum Gasteiger partial charge on any atom is 0.0595 e. The van der Waals surface area contributed by atoms with E-state index in [0.717, 1.165) is 31.6 Å². The molecule has 1 N–H and O–H groups in total. The number of hydrogen-bond donors (Lipinski definition) is 1. The fourth-order valence-electron chi connectivity index (χ4n) is 2.59. The van der Waals surface area contributed by atoms with Crippen LogP contribution < -0.4 is 5.32 Å². The van der Waals surface area contributed by atoms with Crippen LogP contribution in [0.3, 0.4) is 0 Å². The Labute approximate surface area is 140 Å². The molecule has 3 rings (SSSR count).